The number of rotatable bonds is 5. The number of aromatic amines is 1. The summed E-state index contributed by atoms with van der Waals surface area (Å²) in [6.07, 6.45) is 0.375. The zero-order chi connectivity index (χ0) is 31.8. The second kappa shape index (κ2) is 10.5. The summed E-state index contributed by atoms with van der Waals surface area (Å²) in [5, 5.41) is 13.7. The number of hydrogen-bond donors (Lipinski definition) is 3. The summed E-state index contributed by atoms with van der Waals surface area (Å²) in [6, 6.07) is 13.5. The molecule has 7 rings (SSSR count). The van der Waals surface area contributed by atoms with Gasteiger partial charge in [-0.15, -0.1) is 0 Å². The van der Waals surface area contributed by atoms with Crippen LogP contribution in [0.2, 0.25) is 0 Å². The maximum absolute atomic E-state index is 13.5. The van der Waals surface area contributed by atoms with Crippen LogP contribution in [0, 0.1) is 5.92 Å². The highest BCUT2D eigenvalue weighted by molar-refractivity contribution is 6.62. The van der Waals surface area contributed by atoms with E-state index in [1.165, 1.54) is 0 Å². The minimum atomic E-state index is -1.20. The molecule has 3 N–H and O–H groups in total. The Balaban J connectivity index is 1.20. The normalized spacial score (nSPS) is 20.7. The summed E-state index contributed by atoms with van der Waals surface area (Å²) in [5.74, 6) is 1.14. The predicted octanol–water partition coefficient (Wildman–Crippen LogP) is 5.53. The van der Waals surface area contributed by atoms with E-state index in [4.69, 9.17) is 19.0 Å². The Morgan fingerprint density at radius 1 is 1.04 bits per heavy atom. The lowest BCUT2D eigenvalue weighted by molar-refractivity contribution is -0.135. The fourth-order valence-corrected chi connectivity index (χ4v) is 6.81. The highest BCUT2D eigenvalue weighted by Gasteiger charge is 2.51. The Morgan fingerprint density at radius 2 is 1.76 bits per heavy atom. The first kappa shape index (κ1) is 29.6. The lowest BCUT2D eigenvalue weighted by Crippen LogP contribution is -2.50. The third-order valence-corrected chi connectivity index (χ3v) is 10.00. The van der Waals surface area contributed by atoms with Crippen LogP contribution in [0.5, 0.6) is 5.75 Å². The number of imidazole rings is 1. The molecule has 2 atom stereocenters. The van der Waals surface area contributed by atoms with Crippen LogP contribution in [0.25, 0.3) is 32.9 Å². The van der Waals surface area contributed by atoms with E-state index in [0.717, 1.165) is 62.6 Å². The van der Waals surface area contributed by atoms with Crippen molar-refractivity contribution < 1.29 is 28.7 Å². The van der Waals surface area contributed by atoms with Gasteiger partial charge in [0.1, 0.15) is 24.2 Å². The molecular formula is C34H39BN4O6. The van der Waals surface area contributed by atoms with Crippen molar-refractivity contribution in [1.82, 2.24) is 20.2 Å². The Labute approximate surface area is 262 Å². The molecule has 4 heterocycles. The summed E-state index contributed by atoms with van der Waals surface area (Å²) in [4.78, 5) is 35.1. The molecule has 3 aromatic carbocycles. The number of H-pyrrole nitrogens is 1. The molecule has 0 radical (unpaired) electrons. The van der Waals surface area contributed by atoms with E-state index in [2.05, 4.69) is 74.4 Å². The van der Waals surface area contributed by atoms with Crippen LogP contribution in [0.3, 0.4) is 0 Å². The fourth-order valence-electron chi connectivity index (χ4n) is 6.81. The van der Waals surface area contributed by atoms with Gasteiger partial charge in [-0.25, -0.2) is 9.78 Å². The third kappa shape index (κ3) is 4.84. The van der Waals surface area contributed by atoms with Gasteiger partial charge in [-0.05, 0) is 81.2 Å². The quantitative estimate of drug-likeness (QED) is 0.254. The molecule has 45 heavy (non-hydrogen) atoms. The summed E-state index contributed by atoms with van der Waals surface area (Å²) in [7, 11) is -0.434. The zero-order valence-electron chi connectivity index (χ0n) is 26.6. The first-order valence-corrected chi connectivity index (χ1v) is 15.7. The van der Waals surface area contributed by atoms with Crippen molar-refractivity contribution in [2.24, 2.45) is 5.92 Å². The second-order valence-electron chi connectivity index (χ2n) is 13.8. The van der Waals surface area contributed by atoms with Crippen LogP contribution in [-0.4, -0.2) is 62.9 Å². The molecular weight excluding hydrogens is 571 g/mol. The first-order valence-electron chi connectivity index (χ1n) is 15.7. The number of fused-ring (bicyclic) bond motifs is 7. The van der Waals surface area contributed by atoms with Gasteiger partial charge in [-0.3, -0.25) is 4.79 Å². The second-order valence-corrected chi connectivity index (χ2v) is 13.8. The number of carbonyl (C=O) groups is 2. The maximum Gasteiger partial charge on any atom is 0.494 e. The Bertz CT molecular complexity index is 1830. The van der Waals surface area contributed by atoms with Crippen molar-refractivity contribution in [1.29, 1.82) is 0 Å². The maximum atomic E-state index is 13.5. The lowest BCUT2D eigenvalue weighted by Gasteiger charge is -2.32. The molecule has 3 aliphatic heterocycles. The summed E-state index contributed by atoms with van der Waals surface area (Å²) in [5.41, 5.74) is 5.08. The molecule has 234 valence electrons. The molecule has 0 saturated carbocycles. The van der Waals surface area contributed by atoms with E-state index in [9.17, 15) is 14.7 Å². The number of benzene rings is 3. The number of carboxylic acid groups (broad SMARTS) is 1. The molecule has 1 aromatic heterocycles. The molecule has 0 unspecified atom stereocenters. The number of ether oxygens (including phenoxy) is 1. The molecule has 10 nitrogen and oxygen atoms in total. The predicted molar refractivity (Wildman–Crippen MR) is 173 cm³/mol. The van der Waals surface area contributed by atoms with Crippen LogP contribution >= 0.6 is 0 Å². The van der Waals surface area contributed by atoms with E-state index in [0.29, 0.717) is 19.0 Å². The molecule has 0 bridgehead atoms. The SMILES string of the molecule is CC(C)[C@H](NC(=O)O)C(=O)N1CCC[C@H]1c1nc2c(ccc3c4c(ccc32)-c2ccc(B3OC(C)(C)C(C)(C)O3)cc2CO4)[nH]1. The topological polar surface area (TPSA) is 126 Å². The summed E-state index contributed by atoms with van der Waals surface area (Å²) < 4.78 is 19.0. The van der Waals surface area contributed by atoms with Crippen LogP contribution < -0.4 is 15.5 Å². The number of aromatic nitrogens is 2. The molecule has 11 heteroatoms. The fraction of sp³-hybridized carbons (Fsp3) is 0.441. The van der Waals surface area contributed by atoms with Crippen molar-refractivity contribution in [3.63, 3.8) is 0 Å². The summed E-state index contributed by atoms with van der Waals surface area (Å²) >= 11 is 0. The molecule has 0 spiro atoms. The van der Waals surface area contributed by atoms with Gasteiger partial charge in [-0.1, -0.05) is 38.1 Å². The van der Waals surface area contributed by atoms with Crippen molar-refractivity contribution in [3.05, 3.63) is 53.9 Å². The van der Waals surface area contributed by atoms with Crippen LogP contribution in [0.4, 0.5) is 4.79 Å². The zero-order valence-corrected chi connectivity index (χ0v) is 26.6. The number of nitrogens with one attached hydrogen (secondary N) is 2. The van der Waals surface area contributed by atoms with E-state index < -0.39 is 30.5 Å². The van der Waals surface area contributed by atoms with E-state index in [1.807, 2.05) is 19.9 Å². The van der Waals surface area contributed by atoms with E-state index in [-0.39, 0.29) is 17.9 Å². The largest absolute Gasteiger partial charge is 0.494 e. The first-order chi connectivity index (χ1) is 21.3. The monoisotopic (exact) mass is 610 g/mol. The van der Waals surface area contributed by atoms with Gasteiger partial charge in [-0.2, -0.15) is 0 Å². The number of amides is 2. The number of hydrogen-bond acceptors (Lipinski definition) is 6. The van der Waals surface area contributed by atoms with Gasteiger partial charge in [0.25, 0.3) is 0 Å². The van der Waals surface area contributed by atoms with Crippen molar-refractivity contribution in [2.45, 2.75) is 84.3 Å². The van der Waals surface area contributed by atoms with Gasteiger partial charge in [0, 0.05) is 22.9 Å². The number of nitrogens with zero attached hydrogens (tertiary/aromatic N) is 2. The summed E-state index contributed by atoms with van der Waals surface area (Å²) in [6.45, 7) is 12.9. The molecule has 2 fully saturated rings. The van der Waals surface area contributed by atoms with Gasteiger partial charge in [0.15, 0.2) is 0 Å². The molecule has 2 amide bonds. The standard InChI is InChI=1S/C34H39BN4O6/c1-18(2)27(38-32(41)42)31(40)39-15-7-8-26(39)30-36-25-14-13-24-22(28(25)37-30)11-12-23-21-10-9-20(16-19(21)17-43-29(23)24)35-44-33(3,4)34(5,6)45-35/h9-14,16,18,26-27,38H,7-8,15,17H2,1-6H3,(H,36,37)(H,41,42)/t26-,27-/m0/s1. The smallest absolute Gasteiger partial charge is 0.488 e. The Hall–Kier alpha value is -4.09. The van der Waals surface area contributed by atoms with E-state index in [1.54, 1.807) is 4.90 Å². The Kier molecular flexibility index (Phi) is 6.90. The Morgan fingerprint density at radius 3 is 2.47 bits per heavy atom. The molecule has 2 saturated heterocycles. The van der Waals surface area contributed by atoms with Gasteiger partial charge in [0.05, 0.1) is 28.3 Å². The minimum absolute atomic E-state index is 0.180. The molecule has 4 aromatic rings. The van der Waals surface area contributed by atoms with Gasteiger partial charge in [0.2, 0.25) is 5.91 Å². The molecule has 0 aliphatic carbocycles. The number of carbonyl (C=O) groups excluding carboxylic acids is 1. The van der Waals surface area contributed by atoms with E-state index >= 15 is 0 Å². The lowest BCUT2D eigenvalue weighted by atomic mass is 9.77. The van der Waals surface area contributed by atoms with Crippen molar-refractivity contribution >= 4 is 46.4 Å². The average molecular weight is 611 g/mol. The highest BCUT2D eigenvalue weighted by Crippen LogP contribution is 2.44. The van der Waals surface area contributed by atoms with Gasteiger partial charge < -0.3 is 34.4 Å². The highest BCUT2D eigenvalue weighted by atomic mass is 16.7. The van der Waals surface area contributed by atoms with Gasteiger partial charge >= 0.3 is 13.2 Å². The third-order valence-electron chi connectivity index (χ3n) is 10.00. The van der Waals surface area contributed by atoms with Crippen LogP contribution in [0.1, 0.15) is 71.8 Å². The minimum Gasteiger partial charge on any atom is -0.488 e. The average Bonchev–Trinajstić information content (AvgIpc) is 3.70. The van der Waals surface area contributed by atoms with Crippen molar-refractivity contribution in [2.75, 3.05) is 6.54 Å². The van der Waals surface area contributed by atoms with Crippen LogP contribution in [0.15, 0.2) is 42.5 Å². The van der Waals surface area contributed by atoms with Crippen LogP contribution in [-0.2, 0) is 20.7 Å². The van der Waals surface area contributed by atoms with Crippen molar-refractivity contribution in [3.8, 4) is 16.9 Å². The molecule has 3 aliphatic rings. The number of likely N-dealkylation sites (tertiary alicyclic amines) is 1.